The van der Waals surface area contributed by atoms with Crippen molar-refractivity contribution in [2.24, 2.45) is 5.92 Å². The van der Waals surface area contributed by atoms with Crippen molar-refractivity contribution in [3.05, 3.63) is 101 Å². The Bertz CT molecular complexity index is 1610. The van der Waals surface area contributed by atoms with Crippen molar-refractivity contribution in [3.8, 4) is 22.8 Å². The summed E-state index contributed by atoms with van der Waals surface area (Å²) in [5, 5.41) is 19.4. The molecule has 1 aromatic heterocycles. The molecule has 0 radical (unpaired) electrons. The van der Waals surface area contributed by atoms with Gasteiger partial charge in [-0.25, -0.2) is 14.1 Å². The summed E-state index contributed by atoms with van der Waals surface area (Å²) in [7, 11) is 0. The third kappa shape index (κ3) is 8.65. The number of benzene rings is 3. The van der Waals surface area contributed by atoms with E-state index in [1.165, 1.54) is 41.3 Å². The fraction of sp³-hybridized carbons (Fsp3) is 0.333. The van der Waals surface area contributed by atoms with Gasteiger partial charge in [0.15, 0.2) is 5.82 Å². The molecule has 0 aliphatic carbocycles. The van der Waals surface area contributed by atoms with Crippen LogP contribution in [-0.4, -0.2) is 51.3 Å². The quantitative estimate of drug-likeness (QED) is 0.132. The first-order valence-electron chi connectivity index (χ1n) is 14.7. The highest BCUT2D eigenvalue weighted by molar-refractivity contribution is 8.03. The number of hydrogen-bond acceptors (Lipinski definition) is 7. The Morgan fingerprint density at radius 2 is 1.78 bits per heavy atom. The average molecular weight is 642 g/mol. The third-order valence-corrected chi connectivity index (χ3v) is 8.37. The van der Waals surface area contributed by atoms with Gasteiger partial charge in [-0.15, -0.1) is 30.0 Å². The van der Waals surface area contributed by atoms with Gasteiger partial charge in [0.25, 0.3) is 0 Å². The molecule has 2 heterocycles. The molecular formula is C33H35F4N5O2S. The topological polar surface area (TPSA) is 75.4 Å². The number of ether oxygens (including phenoxy) is 1. The average Bonchev–Trinajstić information content (AvgIpc) is 3.66. The minimum Gasteiger partial charge on any atom is -0.406 e. The van der Waals surface area contributed by atoms with E-state index in [0.717, 1.165) is 46.1 Å². The summed E-state index contributed by atoms with van der Waals surface area (Å²) in [6.07, 6.45) is -1.45. The molecule has 5 rings (SSSR count). The van der Waals surface area contributed by atoms with Gasteiger partial charge in [0.05, 0.1) is 10.7 Å². The molecule has 7 nitrogen and oxygen atoms in total. The number of hydrogen-bond donors (Lipinski definition) is 2. The first kappa shape index (κ1) is 32.5. The number of aromatic nitrogens is 3. The second-order valence-electron chi connectivity index (χ2n) is 11.3. The summed E-state index contributed by atoms with van der Waals surface area (Å²) in [6.45, 7) is 7.60. The maximum absolute atomic E-state index is 13.9. The number of halogens is 4. The van der Waals surface area contributed by atoms with Crippen molar-refractivity contribution in [1.82, 2.24) is 20.1 Å². The van der Waals surface area contributed by atoms with E-state index in [-0.39, 0.29) is 23.4 Å². The van der Waals surface area contributed by atoms with Gasteiger partial charge in [0, 0.05) is 30.1 Å². The highest BCUT2D eigenvalue weighted by Crippen LogP contribution is 2.37. The van der Waals surface area contributed by atoms with Gasteiger partial charge in [-0.1, -0.05) is 45.0 Å². The second-order valence-corrected chi connectivity index (χ2v) is 12.4. The number of nitrogens with one attached hydrogen (secondary N) is 1. The maximum atomic E-state index is 13.9. The number of aliphatic hydroxyl groups is 1. The van der Waals surface area contributed by atoms with Crippen LogP contribution in [0.25, 0.3) is 17.1 Å². The normalized spacial score (nSPS) is 16.0. The van der Waals surface area contributed by atoms with Crippen LogP contribution in [0.1, 0.15) is 37.8 Å². The molecule has 0 saturated carbocycles. The zero-order chi connectivity index (χ0) is 32.1. The second kappa shape index (κ2) is 14.1. The maximum Gasteiger partial charge on any atom is 0.573 e. The van der Waals surface area contributed by atoms with Gasteiger partial charge >= 0.3 is 6.36 Å². The van der Waals surface area contributed by atoms with Crippen LogP contribution in [0.2, 0.25) is 0 Å². The summed E-state index contributed by atoms with van der Waals surface area (Å²) in [4.78, 5) is 6.49. The van der Waals surface area contributed by atoms with Crippen LogP contribution >= 0.6 is 11.8 Å². The standard InChI is InChI=1S/C33H35F4N5O2S/c1-21(2)28-17-25(34)8-13-29(28)41-14-15-45-31(41)18-30(43)38-19-22(3)16-23-4-6-24(7-5-23)32-39-20-42(40-32)26-9-11-27(12-10-26)44-33(35,36)37/h4-13,17-18,20-22,30,38,43H,14-16,19H2,1-3H3/b31-18-. The van der Waals surface area contributed by atoms with Crippen LogP contribution in [-0.2, 0) is 6.42 Å². The van der Waals surface area contributed by atoms with Crippen LogP contribution in [0.3, 0.4) is 0 Å². The fourth-order valence-corrected chi connectivity index (χ4v) is 6.19. The van der Waals surface area contributed by atoms with Gasteiger partial charge in [-0.3, -0.25) is 5.32 Å². The Morgan fingerprint density at radius 1 is 1.04 bits per heavy atom. The van der Waals surface area contributed by atoms with Gasteiger partial charge in [-0.05, 0) is 77.9 Å². The molecule has 4 aromatic rings. The van der Waals surface area contributed by atoms with E-state index < -0.39 is 12.6 Å². The number of anilines is 1. The third-order valence-electron chi connectivity index (χ3n) is 7.33. The fourth-order valence-electron chi connectivity index (χ4n) is 5.14. The summed E-state index contributed by atoms with van der Waals surface area (Å²) < 4.78 is 56.6. The lowest BCUT2D eigenvalue weighted by atomic mass is 10.00. The van der Waals surface area contributed by atoms with Crippen LogP contribution in [0.4, 0.5) is 23.2 Å². The predicted octanol–water partition coefficient (Wildman–Crippen LogP) is 7.28. The molecule has 1 saturated heterocycles. The van der Waals surface area contributed by atoms with Crippen LogP contribution < -0.4 is 15.0 Å². The predicted molar refractivity (Wildman–Crippen MR) is 169 cm³/mol. The summed E-state index contributed by atoms with van der Waals surface area (Å²) in [6, 6.07) is 18.2. The van der Waals surface area contributed by atoms with E-state index in [2.05, 4.69) is 32.0 Å². The molecule has 1 aliphatic rings. The lowest BCUT2D eigenvalue weighted by Crippen LogP contribution is -2.32. The van der Waals surface area contributed by atoms with Crippen molar-refractivity contribution >= 4 is 17.4 Å². The van der Waals surface area contributed by atoms with Crippen LogP contribution in [0, 0.1) is 11.7 Å². The molecule has 2 N–H and O–H groups in total. The molecule has 12 heteroatoms. The van der Waals surface area contributed by atoms with Gasteiger partial charge in [0.1, 0.15) is 24.1 Å². The highest BCUT2D eigenvalue weighted by atomic mass is 32.2. The summed E-state index contributed by atoms with van der Waals surface area (Å²) >= 11 is 1.68. The monoisotopic (exact) mass is 641 g/mol. The van der Waals surface area contributed by atoms with Gasteiger partial charge < -0.3 is 14.7 Å². The van der Waals surface area contributed by atoms with E-state index in [4.69, 9.17) is 0 Å². The number of nitrogens with zero attached hydrogens (tertiary/aromatic N) is 4. The molecule has 45 heavy (non-hydrogen) atoms. The summed E-state index contributed by atoms with van der Waals surface area (Å²) in [5.74, 6) is 1.24. The Labute approximate surface area is 263 Å². The lowest BCUT2D eigenvalue weighted by Gasteiger charge is -2.25. The largest absolute Gasteiger partial charge is 0.573 e. The Kier molecular flexibility index (Phi) is 10.2. The first-order valence-corrected chi connectivity index (χ1v) is 15.6. The van der Waals surface area contributed by atoms with Crippen molar-refractivity contribution in [2.75, 3.05) is 23.7 Å². The van der Waals surface area contributed by atoms with E-state index in [0.29, 0.717) is 18.1 Å². The molecular weight excluding hydrogens is 606 g/mol. The molecule has 238 valence electrons. The minimum atomic E-state index is -4.75. The number of alkyl halides is 3. The molecule has 0 spiro atoms. The number of aliphatic hydroxyl groups excluding tert-OH is 1. The highest BCUT2D eigenvalue weighted by Gasteiger charge is 2.31. The van der Waals surface area contributed by atoms with E-state index >= 15 is 0 Å². The number of thioether (sulfide) groups is 1. The zero-order valence-corrected chi connectivity index (χ0v) is 25.9. The van der Waals surface area contributed by atoms with Crippen molar-refractivity contribution in [3.63, 3.8) is 0 Å². The molecule has 0 bridgehead atoms. The molecule has 3 aromatic carbocycles. The molecule has 2 unspecified atom stereocenters. The van der Waals surface area contributed by atoms with E-state index in [9.17, 15) is 22.7 Å². The van der Waals surface area contributed by atoms with Crippen LogP contribution in [0.5, 0.6) is 5.75 Å². The van der Waals surface area contributed by atoms with Crippen molar-refractivity contribution < 1.29 is 27.4 Å². The Hall–Kier alpha value is -3.87. The smallest absolute Gasteiger partial charge is 0.406 e. The lowest BCUT2D eigenvalue weighted by molar-refractivity contribution is -0.274. The SMILES string of the molecule is CC(CNC(O)/C=C1\SCCN1c1ccc(F)cc1C(C)C)Cc1ccc(-c2ncn(-c3ccc(OC(F)(F)F)cc3)n2)cc1. The minimum absolute atomic E-state index is 0.172. The molecule has 0 amide bonds. The van der Waals surface area contributed by atoms with Crippen LogP contribution in [0.15, 0.2) is 84.2 Å². The Morgan fingerprint density at radius 3 is 2.47 bits per heavy atom. The van der Waals surface area contributed by atoms with Gasteiger partial charge in [0.2, 0.25) is 0 Å². The molecule has 1 aliphatic heterocycles. The zero-order valence-electron chi connectivity index (χ0n) is 25.1. The first-order chi connectivity index (χ1) is 21.4. The summed E-state index contributed by atoms with van der Waals surface area (Å²) in [5.41, 5.74) is 4.40. The van der Waals surface area contributed by atoms with Crippen molar-refractivity contribution in [2.45, 2.75) is 45.7 Å². The molecule has 2 atom stereocenters. The van der Waals surface area contributed by atoms with E-state index in [1.807, 2.05) is 50.3 Å². The Balaban J connectivity index is 1.14. The molecule has 1 fully saturated rings. The van der Waals surface area contributed by atoms with Gasteiger partial charge in [-0.2, -0.15) is 0 Å². The van der Waals surface area contributed by atoms with Crippen molar-refractivity contribution in [1.29, 1.82) is 0 Å². The number of rotatable bonds is 11. The van der Waals surface area contributed by atoms with E-state index in [1.54, 1.807) is 17.8 Å².